The lowest BCUT2D eigenvalue weighted by molar-refractivity contribution is -0.140. The molecule has 5 rings (SSSR count). The molecule has 0 aromatic heterocycles. The van der Waals surface area contributed by atoms with Crippen LogP contribution in [-0.4, -0.2) is 56.6 Å². The summed E-state index contributed by atoms with van der Waals surface area (Å²) in [6.45, 7) is 0.0649. The van der Waals surface area contributed by atoms with Crippen LogP contribution in [0, 0.1) is 0 Å². The average Bonchev–Trinajstić information content (AvgIpc) is 3.04. The first-order valence-electron chi connectivity index (χ1n) is 15.4. The van der Waals surface area contributed by atoms with Gasteiger partial charge in [-0.1, -0.05) is 84.6 Å². The van der Waals surface area contributed by atoms with Crippen LogP contribution >= 0.6 is 23.2 Å². The van der Waals surface area contributed by atoms with Crippen molar-refractivity contribution in [3.63, 3.8) is 0 Å². The van der Waals surface area contributed by atoms with Crippen LogP contribution < -0.4 is 10.2 Å². The molecule has 0 bridgehead atoms. The fourth-order valence-electron chi connectivity index (χ4n) is 6.53. The van der Waals surface area contributed by atoms with Crippen molar-refractivity contribution in [2.24, 2.45) is 0 Å². The van der Waals surface area contributed by atoms with Gasteiger partial charge in [0.2, 0.25) is 10.0 Å². The van der Waals surface area contributed by atoms with Crippen molar-refractivity contribution in [3.05, 3.63) is 105 Å². The summed E-state index contributed by atoms with van der Waals surface area (Å²) >= 11 is 13.0. The van der Waals surface area contributed by atoms with Crippen molar-refractivity contribution in [3.8, 4) is 0 Å². The molecule has 4 atom stereocenters. The lowest BCUT2D eigenvalue weighted by Gasteiger charge is -2.49. The first-order chi connectivity index (χ1) is 22.5. The van der Waals surface area contributed by atoms with E-state index in [1.807, 2.05) is 24.3 Å². The Hall–Kier alpha value is -3.48. The van der Waals surface area contributed by atoms with Gasteiger partial charge in [0.15, 0.2) is 0 Å². The predicted molar refractivity (Wildman–Crippen MR) is 178 cm³/mol. The molecular weight excluding hydrogens is 665 g/mol. The van der Waals surface area contributed by atoms with Crippen LogP contribution in [0.3, 0.4) is 0 Å². The zero-order valence-corrected chi connectivity index (χ0v) is 28.4. The van der Waals surface area contributed by atoms with E-state index in [0.717, 1.165) is 30.2 Å². The van der Waals surface area contributed by atoms with Crippen molar-refractivity contribution in [2.75, 3.05) is 13.4 Å². The number of rotatable bonds is 11. The second kappa shape index (κ2) is 15.2. The number of nitrogens with zero attached hydrogens (tertiary/aromatic N) is 1. The van der Waals surface area contributed by atoms with Crippen LogP contribution in [-0.2, 0) is 42.2 Å². The molecular formula is C34H37Cl2N3O7S. The van der Waals surface area contributed by atoms with Crippen molar-refractivity contribution < 1.29 is 32.4 Å². The van der Waals surface area contributed by atoms with E-state index >= 15 is 0 Å². The van der Waals surface area contributed by atoms with Gasteiger partial charge in [0, 0.05) is 34.1 Å². The molecule has 2 N–H and O–H groups in total. The number of nitrogens with one attached hydrogen (secondary N) is 2. The second-order valence-electron chi connectivity index (χ2n) is 11.9. The molecule has 3 aromatic carbocycles. The second-order valence-corrected chi connectivity index (χ2v) is 14.5. The minimum absolute atomic E-state index is 0.0649. The van der Waals surface area contributed by atoms with Crippen LogP contribution in [0.4, 0.5) is 0 Å². The minimum atomic E-state index is -3.60. The number of carbonyl (C=O) groups excluding carboxylic acids is 3. The summed E-state index contributed by atoms with van der Waals surface area (Å²) in [4.78, 5) is 47.4. The van der Waals surface area contributed by atoms with E-state index in [-0.39, 0.29) is 29.9 Å². The molecule has 3 aromatic rings. The van der Waals surface area contributed by atoms with E-state index in [1.165, 1.54) is 7.11 Å². The summed E-state index contributed by atoms with van der Waals surface area (Å²) in [5.41, 5.74) is 5.71. The van der Waals surface area contributed by atoms with Crippen LogP contribution in [0.15, 0.2) is 66.7 Å². The van der Waals surface area contributed by atoms with Gasteiger partial charge < -0.3 is 9.64 Å². The molecule has 1 unspecified atom stereocenters. The van der Waals surface area contributed by atoms with Crippen molar-refractivity contribution in [2.45, 2.75) is 69.2 Å². The molecule has 0 radical (unpaired) electrons. The van der Waals surface area contributed by atoms with E-state index in [0.29, 0.717) is 41.0 Å². The maximum Gasteiger partial charge on any atom is 0.305 e. The number of sulfonamides is 1. The molecule has 250 valence electrons. The molecule has 0 saturated heterocycles. The van der Waals surface area contributed by atoms with Gasteiger partial charge in [-0.2, -0.15) is 0 Å². The molecule has 10 nitrogen and oxygen atoms in total. The number of halogens is 2. The van der Waals surface area contributed by atoms with Gasteiger partial charge in [0.1, 0.15) is 0 Å². The summed E-state index contributed by atoms with van der Waals surface area (Å²) in [5.74, 6) is -2.05. The number of fused-ring (bicyclic) bond motifs is 1. The van der Waals surface area contributed by atoms with Gasteiger partial charge in [-0.3, -0.25) is 19.2 Å². The number of hydrogen-bond acceptors (Lipinski definition) is 7. The third-order valence-corrected chi connectivity index (χ3v) is 9.97. The monoisotopic (exact) mass is 701 g/mol. The summed E-state index contributed by atoms with van der Waals surface area (Å²) < 4.78 is 32.2. The minimum Gasteiger partial charge on any atom is -0.469 e. The summed E-state index contributed by atoms with van der Waals surface area (Å²) in [7, 11) is -2.25. The van der Waals surface area contributed by atoms with Crippen molar-refractivity contribution in [1.82, 2.24) is 15.1 Å². The maximum atomic E-state index is 14.4. The Morgan fingerprint density at radius 3 is 2.36 bits per heavy atom. The lowest BCUT2D eigenvalue weighted by atomic mass is 9.76. The zero-order valence-electron chi connectivity index (χ0n) is 26.1. The van der Waals surface area contributed by atoms with Gasteiger partial charge in [0.25, 0.3) is 11.8 Å². The van der Waals surface area contributed by atoms with Crippen LogP contribution in [0.25, 0.3) is 0 Å². The number of amides is 2. The highest BCUT2D eigenvalue weighted by Crippen LogP contribution is 2.47. The topological polar surface area (TPSA) is 131 Å². The average molecular weight is 703 g/mol. The molecule has 1 aliphatic carbocycles. The predicted octanol–water partition coefficient (Wildman–Crippen LogP) is 5.49. The Morgan fingerprint density at radius 1 is 0.957 bits per heavy atom. The molecule has 1 heterocycles. The van der Waals surface area contributed by atoms with E-state index in [1.54, 1.807) is 47.4 Å². The highest BCUT2D eigenvalue weighted by molar-refractivity contribution is 7.88. The molecule has 1 fully saturated rings. The molecule has 2 aliphatic rings. The van der Waals surface area contributed by atoms with Gasteiger partial charge in [-0.15, -0.1) is 0 Å². The van der Waals surface area contributed by atoms with Crippen molar-refractivity contribution in [1.29, 1.82) is 0 Å². The smallest absolute Gasteiger partial charge is 0.305 e. The molecule has 1 aliphatic heterocycles. The fraction of sp³-hybridized carbons (Fsp3) is 0.382. The number of hydrogen-bond donors (Lipinski definition) is 2. The SMILES string of the molecule is COC(=O)CCc1ccc(CONC(=O)[C@@H]2c3ccccc3C(=O)N(C3CCCC[C@@H]3NS(C)(=O)=O)[C@H]2c2ccc(Cl)cc2Cl)cc1. The summed E-state index contributed by atoms with van der Waals surface area (Å²) in [6.07, 6.45) is 4.55. The third kappa shape index (κ3) is 8.33. The molecule has 2 amide bonds. The van der Waals surface area contributed by atoms with Gasteiger partial charge in [-0.05, 0) is 59.7 Å². The number of ether oxygens (including phenoxy) is 1. The Balaban J connectivity index is 1.47. The van der Waals surface area contributed by atoms with Crippen LogP contribution in [0.5, 0.6) is 0 Å². The molecule has 13 heteroatoms. The van der Waals surface area contributed by atoms with Gasteiger partial charge in [0.05, 0.1) is 31.9 Å². The largest absolute Gasteiger partial charge is 0.469 e. The fourth-order valence-corrected chi connectivity index (χ4v) is 7.88. The quantitative estimate of drug-likeness (QED) is 0.200. The number of esters is 1. The maximum absolute atomic E-state index is 14.4. The number of methoxy groups -OCH3 is 1. The highest BCUT2D eigenvalue weighted by atomic mass is 35.5. The Morgan fingerprint density at radius 2 is 1.66 bits per heavy atom. The number of aryl methyl sites for hydroxylation is 1. The van der Waals surface area contributed by atoms with Crippen molar-refractivity contribution >= 4 is 51.0 Å². The van der Waals surface area contributed by atoms with E-state index in [4.69, 9.17) is 32.8 Å². The van der Waals surface area contributed by atoms with Gasteiger partial charge >= 0.3 is 5.97 Å². The standard InChI is InChI=1S/C34H37Cl2N3O7S/c1-45-30(40)18-15-21-11-13-22(14-12-21)20-46-37-33(41)31-24-7-3-4-8-25(24)34(42)39(32(31)26-17-16-23(35)19-27(26)36)29-10-6-5-9-28(29)38-47(2,43)44/h3-4,7-8,11-14,16-17,19,28-29,31-32,38H,5-6,9-10,15,18,20H2,1-2H3,(H,37,41)/t28-,29?,31+,32-/m0/s1. The normalized spacial score (nSPS) is 21.2. The highest BCUT2D eigenvalue weighted by Gasteiger charge is 2.49. The van der Waals surface area contributed by atoms with Crippen LogP contribution in [0.2, 0.25) is 10.0 Å². The third-order valence-electron chi connectivity index (χ3n) is 8.67. The van der Waals surface area contributed by atoms with Gasteiger partial charge in [-0.25, -0.2) is 18.6 Å². The van der Waals surface area contributed by atoms with Crippen LogP contribution in [0.1, 0.15) is 76.7 Å². The Bertz CT molecular complexity index is 1740. The Kier molecular flexibility index (Phi) is 11.2. The van der Waals surface area contributed by atoms with E-state index in [2.05, 4.69) is 10.2 Å². The lowest BCUT2D eigenvalue weighted by Crippen LogP contribution is -2.59. The first-order valence-corrected chi connectivity index (χ1v) is 18.0. The molecule has 47 heavy (non-hydrogen) atoms. The summed E-state index contributed by atoms with van der Waals surface area (Å²) in [5, 5.41) is 0.664. The van der Waals surface area contributed by atoms with E-state index in [9.17, 15) is 22.8 Å². The first kappa shape index (κ1) is 34.8. The molecule has 1 saturated carbocycles. The van der Waals surface area contributed by atoms with E-state index < -0.39 is 40.0 Å². The summed E-state index contributed by atoms with van der Waals surface area (Å²) in [6, 6.07) is 17.3. The molecule has 0 spiro atoms. The Labute approximate surface area is 284 Å². The number of hydroxylamine groups is 1. The number of benzene rings is 3. The number of carbonyl (C=O) groups is 3. The zero-order chi connectivity index (χ0) is 33.7.